The van der Waals surface area contributed by atoms with Gasteiger partial charge in [-0.1, -0.05) is 0 Å². The fourth-order valence-electron chi connectivity index (χ4n) is 1.57. The molecule has 2 N–H and O–H groups in total. The topological polar surface area (TPSA) is 84.1 Å². The number of aromatic amines is 1. The van der Waals surface area contributed by atoms with Crippen LogP contribution in [0, 0.1) is 0 Å². The highest BCUT2D eigenvalue weighted by Gasteiger charge is 2.29. The lowest BCUT2D eigenvalue weighted by atomic mass is 10.2. The van der Waals surface area contributed by atoms with Crippen LogP contribution in [0.25, 0.3) is 0 Å². The number of ether oxygens (including phenoxy) is 1. The molecular weight excluding hydrogens is 210 g/mol. The highest BCUT2D eigenvalue weighted by molar-refractivity contribution is 5.86. The average molecular weight is 223 g/mol. The molecule has 16 heavy (non-hydrogen) atoms. The Morgan fingerprint density at radius 2 is 2.56 bits per heavy atom. The highest BCUT2D eigenvalue weighted by Crippen LogP contribution is 2.13. The maximum atomic E-state index is 11.5. The van der Waals surface area contributed by atoms with Gasteiger partial charge in [0.2, 0.25) is 0 Å². The molecule has 1 aliphatic heterocycles. The molecule has 0 bridgehead atoms. The molecule has 6 nitrogen and oxygen atoms in total. The first-order valence-electron chi connectivity index (χ1n) is 5.20. The van der Waals surface area contributed by atoms with Crippen molar-refractivity contribution in [3.8, 4) is 0 Å². The Labute approximate surface area is 92.4 Å². The molecule has 1 aromatic heterocycles. The van der Waals surface area contributed by atoms with Gasteiger partial charge in [-0.25, -0.2) is 4.98 Å². The van der Waals surface area contributed by atoms with Crippen LogP contribution in [-0.4, -0.2) is 34.5 Å². The quantitative estimate of drug-likeness (QED) is 0.691. The van der Waals surface area contributed by atoms with Gasteiger partial charge in [0.25, 0.3) is 5.91 Å². The number of nitrogens with zero attached hydrogens (tertiary/aromatic N) is 1. The van der Waals surface area contributed by atoms with E-state index in [4.69, 9.17) is 4.74 Å². The Morgan fingerprint density at radius 1 is 1.69 bits per heavy atom. The molecule has 1 fully saturated rings. The van der Waals surface area contributed by atoms with E-state index in [9.17, 15) is 9.59 Å². The molecule has 1 aliphatic rings. The van der Waals surface area contributed by atoms with E-state index in [0.29, 0.717) is 25.8 Å². The number of hydrogen-bond donors (Lipinski definition) is 2. The van der Waals surface area contributed by atoms with Crippen molar-refractivity contribution in [3.05, 3.63) is 18.2 Å². The fraction of sp³-hybridized carbons (Fsp3) is 0.500. The zero-order valence-corrected chi connectivity index (χ0v) is 8.73. The normalized spacial score (nSPS) is 19.5. The molecule has 1 atom stereocenters. The lowest BCUT2D eigenvalue weighted by molar-refractivity contribution is -0.148. The lowest BCUT2D eigenvalue weighted by Gasteiger charge is -2.09. The minimum Gasteiger partial charge on any atom is -0.452 e. The summed E-state index contributed by atoms with van der Waals surface area (Å²) in [5.74, 6) is -0.515. The van der Waals surface area contributed by atoms with Crippen molar-refractivity contribution in [1.29, 1.82) is 0 Å². The van der Waals surface area contributed by atoms with Crippen LogP contribution in [0.5, 0.6) is 0 Å². The molecule has 0 spiro atoms. The first kappa shape index (κ1) is 10.7. The predicted octanol–water partition coefficient (Wildman–Crippen LogP) is -0.226. The van der Waals surface area contributed by atoms with Crippen LogP contribution < -0.4 is 5.32 Å². The number of carbonyl (C=O) groups is 2. The molecule has 6 heteroatoms. The van der Waals surface area contributed by atoms with Gasteiger partial charge >= 0.3 is 5.97 Å². The monoisotopic (exact) mass is 223 g/mol. The number of amides is 1. The summed E-state index contributed by atoms with van der Waals surface area (Å²) in [4.78, 5) is 29.1. The van der Waals surface area contributed by atoms with Crippen LogP contribution >= 0.6 is 0 Å². The van der Waals surface area contributed by atoms with Crippen molar-refractivity contribution in [1.82, 2.24) is 15.3 Å². The van der Waals surface area contributed by atoms with Crippen molar-refractivity contribution < 1.29 is 14.3 Å². The molecule has 0 saturated carbocycles. The maximum absolute atomic E-state index is 11.5. The number of imidazole rings is 1. The summed E-state index contributed by atoms with van der Waals surface area (Å²) in [6.45, 7) is 0.509. The summed E-state index contributed by atoms with van der Waals surface area (Å²) in [5.41, 5.74) is 0.962. The summed E-state index contributed by atoms with van der Waals surface area (Å²) in [5, 5.41) is 2.72. The Bertz CT molecular complexity index is 375. The predicted molar refractivity (Wildman–Crippen MR) is 54.4 cm³/mol. The van der Waals surface area contributed by atoms with Gasteiger partial charge in [0.15, 0.2) is 6.10 Å². The first-order chi connectivity index (χ1) is 7.75. The van der Waals surface area contributed by atoms with Crippen molar-refractivity contribution in [2.24, 2.45) is 0 Å². The highest BCUT2D eigenvalue weighted by atomic mass is 16.6. The number of esters is 1. The first-order valence-corrected chi connectivity index (χ1v) is 5.20. The molecule has 2 rings (SSSR count). The number of rotatable bonds is 4. The Kier molecular flexibility index (Phi) is 3.19. The molecule has 0 aromatic carbocycles. The van der Waals surface area contributed by atoms with E-state index in [2.05, 4.69) is 15.3 Å². The number of nitrogens with one attached hydrogen (secondary N) is 2. The van der Waals surface area contributed by atoms with E-state index in [-0.39, 0.29) is 11.9 Å². The fourth-order valence-corrected chi connectivity index (χ4v) is 1.57. The Balaban J connectivity index is 1.70. The van der Waals surface area contributed by atoms with E-state index in [1.54, 1.807) is 12.5 Å². The van der Waals surface area contributed by atoms with Gasteiger partial charge in [-0.15, -0.1) is 0 Å². The molecule has 0 aliphatic carbocycles. The number of H-pyrrole nitrogens is 1. The van der Waals surface area contributed by atoms with Gasteiger partial charge in [-0.05, 0) is 0 Å². The third kappa shape index (κ3) is 2.59. The van der Waals surface area contributed by atoms with E-state index in [1.807, 2.05) is 0 Å². The minimum absolute atomic E-state index is 0.217. The molecular formula is C10H13N3O3. The lowest BCUT2D eigenvalue weighted by Crippen LogP contribution is -2.35. The number of aromatic nitrogens is 2. The molecule has 86 valence electrons. The third-order valence-corrected chi connectivity index (χ3v) is 2.43. The Hall–Kier alpha value is -1.85. The summed E-state index contributed by atoms with van der Waals surface area (Å²) in [6, 6.07) is 0. The van der Waals surface area contributed by atoms with Gasteiger partial charge in [0, 0.05) is 37.7 Å². The van der Waals surface area contributed by atoms with Crippen LogP contribution in [0.3, 0.4) is 0 Å². The van der Waals surface area contributed by atoms with Crippen molar-refractivity contribution in [2.75, 3.05) is 6.54 Å². The third-order valence-electron chi connectivity index (χ3n) is 2.43. The van der Waals surface area contributed by atoms with Gasteiger partial charge in [-0.2, -0.15) is 0 Å². The van der Waals surface area contributed by atoms with Crippen LogP contribution in [-0.2, 0) is 20.7 Å². The van der Waals surface area contributed by atoms with E-state index in [0.717, 1.165) is 5.69 Å². The van der Waals surface area contributed by atoms with Crippen LogP contribution in [0.1, 0.15) is 18.5 Å². The van der Waals surface area contributed by atoms with Gasteiger partial charge in [0.1, 0.15) is 0 Å². The second-order valence-corrected chi connectivity index (χ2v) is 3.64. The summed E-state index contributed by atoms with van der Waals surface area (Å²) in [7, 11) is 0. The maximum Gasteiger partial charge on any atom is 0.306 e. The van der Waals surface area contributed by atoms with Crippen LogP contribution in [0.15, 0.2) is 12.5 Å². The molecule has 2 heterocycles. The van der Waals surface area contributed by atoms with E-state index < -0.39 is 6.10 Å². The molecule has 1 saturated heterocycles. The van der Waals surface area contributed by atoms with Gasteiger partial charge < -0.3 is 15.0 Å². The number of cyclic esters (lactones) is 1. The zero-order chi connectivity index (χ0) is 11.4. The molecule has 1 aromatic rings. The standard InChI is InChI=1S/C10H13N3O3/c14-9-2-1-8(16-9)10(15)12-4-3-7-5-11-6-13-7/h5-6,8H,1-4H2,(H,11,13)(H,12,15). The SMILES string of the molecule is O=C1CCC(C(=O)NCCc2cnc[nH]2)O1. The van der Waals surface area contributed by atoms with Gasteiger partial charge in [-0.3, -0.25) is 9.59 Å². The summed E-state index contributed by atoms with van der Waals surface area (Å²) < 4.78 is 4.84. The smallest absolute Gasteiger partial charge is 0.306 e. The second kappa shape index (κ2) is 4.78. The second-order valence-electron chi connectivity index (χ2n) is 3.64. The minimum atomic E-state index is -0.603. The number of hydrogen-bond acceptors (Lipinski definition) is 4. The van der Waals surface area contributed by atoms with Crippen molar-refractivity contribution in [3.63, 3.8) is 0 Å². The van der Waals surface area contributed by atoms with E-state index >= 15 is 0 Å². The van der Waals surface area contributed by atoms with Crippen LogP contribution in [0.4, 0.5) is 0 Å². The van der Waals surface area contributed by atoms with E-state index in [1.165, 1.54) is 0 Å². The summed E-state index contributed by atoms with van der Waals surface area (Å²) in [6.07, 6.45) is 4.20. The molecule has 0 radical (unpaired) electrons. The number of carbonyl (C=O) groups excluding carboxylic acids is 2. The van der Waals surface area contributed by atoms with Crippen LogP contribution in [0.2, 0.25) is 0 Å². The largest absolute Gasteiger partial charge is 0.452 e. The summed E-state index contributed by atoms with van der Waals surface area (Å²) >= 11 is 0. The average Bonchev–Trinajstić information content (AvgIpc) is 2.89. The van der Waals surface area contributed by atoms with Crippen molar-refractivity contribution in [2.45, 2.75) is 25.4 Å². The molecule has 1 unspecified atom stereocenters. The van der Waals surface area contributed by atoms with Gasteiger partial charge in [0.05, 0.1) is 6.33 Å². The zero-order valence-electron chi connectivity index (χ0n) is 8.73. The molecule has 1 amide bonds. The Morgan fingerprint density at radius 3 is 3.19 bits per heavy atom. The van der Waals surface area contributed by atoms with Crippen molar-refractivity contribution >= 4 is 11.9 Å².